The number of anilines is 4. The molecule has 316 valence electrons. The normalized spacial score (nSPS) is 24.9. The standard InChI is InChI=1S/C46H76N4O4S2/c1-13-15-17-19-21-23-25-55-47-37-29-39-35(45(5,6)31(3)49(39)9)27-33(37)41-43(53-11)42(44(41)54-12)34-28-36-40(50(10)32(4)46(36,7)8)30-38(34)48-56(51,52)26-24-22-20-18-16-14-2/h27-32,41-44,47-48H,13-26H2,1-12H3. The average Bonchev–Trinajstić information content (AvgIpc) is 3.42. The highest BCUT2D eigenvalue weighted by molar-refractivity contribution is 8.00. The Morgan fingerprint density at radius 3 is 1.57 bits per heavy atom. The number of nitrogens with one attached hydrogen (secondary N) is 2. The van der Waals surface area contributed by atoms with E-state index in [4.69, 9.17) is 9.47 Å². The van der Waals surface area contributed by atoms with Gasteiger partial charge in [-0.15, -0.1) is 0 Å². The quantitative estimate of drug-likeness (QED) is 0.0898. The summed E-state index contributed by atoms with van der Waals surface area (Å²) in [5.41, 5.74) is 8.72. The van der Waals surface area contributed by atoms with Gasteiger partial charge in [-0.25, -0.2) is 8.42 Å². The third-order valence-corrected chi connectivity index (χ3v) is 16.4. The lowest BCUT2D eigenvalue weighted by atomic mass is 9.61. The fourth-order valence-corrected chi connectivity index (χ4v) is 11.7. The van der Waals surface area contributed by atoms with E-state index < -0.39 is 10.0 Å². The molecule has 2 aromatic rings. The van der Waals surface area contributed by atoms with Crippen molar-refractivity contribution in [2.24, 2.45) is 0 Å². The van der Waals surface area contributed by atoms with Crippen molar-refractivity contribution < 1.29 is 17.9 Å². The second-order valence-electron chi connectivity index (χ2n) is 18.3. The van der Waals surface area contributed by atoms with E-state index in [1.54, 1.807) is 26.2 Å². The lowest BCUT2D eigenvalue weighted by molar-refractivity contribution is -0.115. The van der Waals surface area contributed by atoms with Gasteiger partial charge in [0.05, 0.1) is 23.6 Å². The second-order valence-corrected chi connectivity index (χ2v) is 21.0. The zero-order valence-corrected chi connectivity index (χ0v) is 38.6. The molecule has 0 aromatic heterocycles. The number of likely N-dealkylation sites (N-methyl/N-ethyl adjacent to an activating group) is 2. The van der Waals surface area contributed by atoms with Crippen LogP contribution in [0.15, 0.2) is 24.3 Å². The van der Waals surface area contributed by atoms with Gasteiger partial charge in [0.15, 0.2) is 0 Å². The van der Waals surface area contributed by atoms with Gasteiger partial charge in [-0.1, -0.05) is 130 Å². The number of unbranched alkanes of at least 4 members (excludes halogenated alkanes) is 10. The third-order valence-electron chi connectivity index (χ3n) is 14.2. The fourth-order valence-electron chi connectivity index (χ4n) is 9.73. The summed E-state index contributed by atoms with van der Waals surface area (Å²) in [6.07, 6.45) is 13.4. The van der Waals surface area contributed by atoms with Crippen LogP contribution >= 0.6 is 11.9 Å². The number of fused-ring (bicyclic) bond motifs is 2. The Hall–Kier alpha value is -2.14. The minimum absolute atomic E-state index is 0.0347. The number of sulfonamides is 1. The fraction of sp³-hybridized carbons (Fsp3) is 0.739. The number of ether oxygens (including phenoxy) is 2. The molecule has 1 fully saturated rings. The van der Waals surface area contributed by atoms with E-state index >= 15 is 0 Å². The summed E-state index contributed by atoms with van der Waals surface area (Å²) < 4.78 is 47.6. The van der Waals surface area contributed by atoms with Crippen molar-refractivity contribution in [3.05, 3.63) is 46.5 Å². The van der Waals surface area contributed by atoms with Gasteiger partial charge in [-0.2, -0.15) is 0 Å². The van der Waals surface area contributed by atoms with E-state index in [2.05, 4.69) is 113 Å². The first-order valence-electron chi connectivity index (χ1n) is 21.8. The van der Waals surface area contributed by atoms with E-state index in [9.17, 15) is 8.42 Å². The van der Waals surface area contributed by atoms with Gasteiger partial charge < -0.3 is 24.0 Å². The molecule has 0 radical (unpaired) electrons. The highest BCUT2D eigenvalue weighted by Gasteiger charge is 2.56. The number of rotatable bonds is 22. The molecular weight excluding hydrogens is 737 g/mol. The van der Waals surface area contributed by atoms with Crippen LogP contribution < -0.4 is 19.2 Å². The number of benzene rings is 2. The molecule has 0 spiro atoms. The molecule has 56 heavy (non-hydrogen) atoms. The van der Waals surface area contributed by atoms with Gasteiger partial charge in [0.1, 0.15) is 0 Å². The van der Waals surface area contributed by atoms with Crippen LogP contribution in [0.5, 0.6) is 0 Å². The molecule has 2 heterocycles. The van der Waals surface area contributed by atoms with Gasteiger partial charge in [0.2, 0.25) is 10.0 Å². The number of nitrogens with zero attached hydrogens (tertiary/aromatic N) is 2. The maximum atomic E-state index is 13.8. The van der Waals surface area contributed by atoms with Crippen LogP contribution in [0.25, 0.3) is 0 Å². The SMILES string of the molecule is CCCCCCCCSNc1cc2c(cc1C1C(OC)C(c3cc4c(cc3NS(=O)(=O)CCCCCCCC)N(C)C(C)C4(C)C)C1OC)C(C)(C)C(C)N2C. The molecule has 4 unspecified atom stereocenters. The molecule has 2 N–H and O–H groups in total. The zero-order valence-electron chi connectivity index (χ0n) is 37.0. The molecule has 3 aliphatic rings. The van der Waals surface area contributed by atoms with Crippen molar-refractivity contribution in [2.75, 3.05) is 59.1 Å². The van der Waals surface area contributed by atoms with Crippen LogP contribution in [0.1, 0.15) is 167 Å². The van der Waals surface area contributed by atoms with Crippen molar-refractivity contribution in [2.45, 2.75) is 179 Å². The summed E-state index contributed by atoms with van der Waals surface area (Å²) in [6, 6.07) is 9.74. The summed E-state index contributed by atoms with van der Waals surface area (Å²) in [5.74, 6) is 0.945. The minimum Gasteiger partial charge on any atom is -0.380 e. The molecule has 4 atom stereocenters. The zero-order chi connectivity index (χ0) is 41.0. The molecule has 2 aromatic carbocycles. The lowest BCUT2D eigenvalue weighted by Crippen LogP contribution is -2.54. The van der Waals surface area contributed by atoms with Crippen molar-refractivity contribution >= 4 is 44.7 Å². The van der Waals surface area contributed by atoms with Crippen molar-refractivity contribution in [3.63, 3.8) is 0 Å². The highest BCUT2D eigenvalue weighted by Crippen LogP contribution is 2.58. The van der Waals surface area contributed by atoms with E-state index in [0.717, 1.165) is 42.0 Å². The van der Waals surface area contributed by atoms with Crippen LogP contribution in [0.3, 0.4) is 0 Å². The van der Waals surface area contributed by atoms with Gasteiger partial charge in [0.25, 0.3) is 0 Å². The summed E-state index contributed by atoms with van der Waals surface area (Å²) >= 11 is 1.80. The first-order chi connectivity index (χ1) is 26.6. The van der Waals surface area contributed by atoms with Gasteiger partial charge >= 0.3 is 0 Å². The first kappa shape index (κ1) is 45.0. The van der Waals surface area contributed by atoms with Crippen molar-refractivity contribution in [3.8, 4) is 0 Å². The molecule has 5 rings (SSSR count). The van der Waals surface area contributed by atoms with E-state index in [1.807, 2.05) is 0 Å². The summed E-state index contributed by atoms with van der Waals surface area (Å²) in [6.45, 7) is 18.3. The van der Waals surface area contributed by atoms with Gasteiger partial charge in [0, 0.05) is 85.9 Å². The summed E-state index contributed by atoms with van der Waals surface area (Å²) in [5, 5.41) is 0. The largest absolute Gasteiger partial charge is 0.380 e. The molecule has 8 nitrogen and oxygen atoms in total. The highest BCUT2D eigenvalue weighted by atomic mass is 32.2. The average molecular weight is 813 g/mol. The lowest BCUT2D eigenvalue weighted by Gasteiger charge is -2.51. The maximum absolute atomic E-state index is 13.8. The Morgan fingerprint density at radius 2 is 1.09 bits per heavy atom. The molecular formula is C46H76N4O4S2. The molecule has 0 saturated heterocycles. The van der Waals surface area contributed by atoms with Crippen molar-refractivity contribution in [1.29, 1.82) is 0 Å². The Bertz CT molecular complexity index is 1720. The maximum Gasteiger partial charge on any atom is 0.232 e. The Balaban J connectivity index is 1.51. The number of hydrogen-bond acceptors (Lipinski definition) is 8. The third kappa shape index (κ3) is 9.03. The van der Waals surface area contributed by atoms with E-state index in [0.29, 0.717) is 18.2 Å². The summed E-state index contributed by atoms with van der Waals surface area (Å²) in [4.78, 5) is 4.71. The first-order valence-corrected chi connectivity index (χ1v) is 24.5. The van der Waals surface area contributed by atoms with E-state index in [1.165, 1.54) is 73.7 Å². The molecule has 0 bridgehead atoms. The van der Waals surface area contributed by atoms with E-state index in [-0.39, 0.29) is 46.7 Å². The Labute approximate surface area is 346 Å². The van der Waals surface area contributed by atoms with Crippen LogP contribution in [0.2, 0.25) is 0 Å². The Morgan fingerprint density at radius 1 is 0.661 bits per heavy atom. The van der Waals surface area contributed by atoms with Crippen LogP contribution in [0.4, 0.5) is 22.7 Å². The predicted molar refractivity (Wildman–Crippen MR) is 242 cm³/mol. The summed E-state index contributed by atoms with van der Waals surface area (Å²) in [7, 11) is 4.36. The van der Waals surface area contributed by atoms with Crippen LogP contribution in [-0.2, 0) is 30.3 Å². The van der Waals surface area contributed by atoms with Gasteiger partial charge in [-0.3, -0.25) is 4.72 Å². The molecule has 1 saturated carbocycles. The topological polar surface area (TPSA) is 83.1 Å². The van der Waals surface area contributed by atoms with Crippen LogP contribution in [0, 0.1) is 0 Å². The number of methoxy groups -OCH3 is 2. The molecule has 1 aliphatic carbocycles. The van der Waals surface area contributed by atoms with Crippen molar-refractivity contribution in [1.82, 2.24) is 0 Å². The predicted octanol–water partition coefficient (Wildman–Crippen LogP) is 11.4. The smallest absolute Gasteiger partial charge is 0.232 e. The number of hydrogen-bond donors (Lipinski definition) is 2. The van der Waals surface area contributed by atoms with Crippen LogP contribution in [-0.4, -0.2) is 72.5 Å². The molecule has 10 heteroatoms. The second kappa shape index (κ2) is 18.8. The van der Waals surface area contributed by atoms with Gasteiger partial charge in [-0.05, 0) is 61.1 Å². The molecule has 0 amide bonds. The minimum atomic E-state index is -3.59. The molecule has 2 aliphatic heterocycles. The Kier molecular flexibility index (Phi) is 15.1. The monoisotopic (exact) mass is 813 g/mol.